The summed E-state index contributed by atoms with van der Waals surface area (Å²) in [4.78, 5) is 0. The van der Waals surface area contributed by atoms with Crippen LogP contribution in [0.1, 0.15) is 22.5 Å². The Hall–Kier alpha value is -0.800. The summed E-state index contributed by atoms with van der Waals surface area (Å²) in [6.45, 7) is 6.21. The third-order valence-corrected chi connectivity index (χ3v) is 3.91. The molecule has 0 aliphatic carbocycles. The van der Waals surface area contributed by atoms with Crippen LogP contribution in [0.2, 0.25) is 5.02 Å². The summed E-state index contributed by atoms with van der Waals surface area (Å²) in [5.74, 6) is 0. The van der Waals surface area contributed by atoms with Crippen LogP contribution in [-0.4, -0.2) is 9.78 Å². The Labute approximate surface area is 115 Å². The summed E-state index contributed by atoms with van der Waals surface area (Å²) in [5.41, 5.74) is 5.70. The normalized spacial score (nSPS) is 10.9. The Morgan fingerprint density at radius 3 is 2.53 bits per heavy atom. The van der Waals surface area contributed by atoms with Crippen molar-refractivity contribution in [3.63, 3.8) is 0 Å². The molecule has 1 heterocycles. The van der Waals surface area contributed by atoms with Crippen LogP contribution >= 0.6 is 27.5 Å². The zero-order valence-corrected chi connectivity index (χ0v) is 12.4. The molecule has 0 atom stereocenters. The molecule has 0 amide bonds. The highest BCUT2D eigenvalue weighted by Gasteiger charge is 2.12. The van der Waals surface area contributed by atoms with E-state index in [2.05, 4.69) is 34.9 Å². The van der Waals surface area contributed by atoms with Crippen molar-refractivity contribution in [1.29, 1.82) is 0 Å². The summed E-state index contributed by atoms with van der Waals surface area (Å²) in [7, 11) is 0. The van der Waals surface area contributed by atoms with E-state index in [4.69, 9.17) is 11.6 Å². The van der Waals surface area contributed by atoms with Crippen molar-refractivity contribution in [1.82, 2.24) is 9.78 Å². The fourth-order valence-corrected chi connectivity index (χ4v) is 2.47. The van der Waals surface area contributed by atoms with Crippen LogP contribution in [-0.2, 0) is 5.33 Å². The molecular formula is C13H14BrClN2. The number of alkyl halides is 1. The van der Waals surface area contributed by atoms with Gasteiger partial charge in [-0.05, 0) is 50.1 Å². The minimum absolute atomic E-state index is 0.751. The Bertz CT molecular complexity index is 561. The Balaban J connectivity index is 2.64. The SMILES string of the molecule is Cc1nn(-c2ccc(Cl)cc2CBr)c(C)c1C. The molecule has 0 aliphatic rings. The highest BCUT2D eigenvalue weighted by Crippen LogP contribution is 2.24. The van der Waals surface area contributed by atoms with Gasteiger partial charge < -0.3 is 0 Å². The second-order valence-electron chi connectivity index (χ2n) is 4.11. The molecule has 0 N–H and O–H groups in total. The lowest BCUT2D eigenvalue weighted by Crippen LogP contribution is -2.02. The minimum Gasteiger partial charge on any atom is -0.237 e. The first-order chi connectivity index (χ1) is 8.04. The molecule has 0 bridgehead atoms. The molecule has 0 unspecified atom stereocenters. The fraction of sp³-hybridized carbons (Fsp3) is 0.308. The first-order valence-electron chi connectivity index (χ1n) is 5.42. The van der Waals surface area contributed by atoms with Crippen LogP contribution in [0.3, 0.4) is 0 Å². The van der Waals surface area contributed by atoms with Crippen molar-refractivity contribution in [3.8, 4) is 5.69 Å². The first-order valence-corrected chi connectivity index (χ1v) is 6.92. The zero-order chi connectivity index (χ0) is 12.6. The molecule has 0 fully saturated rings. The summed E-state index contributed by atoms with van der Waals surface area (Å²) < 4.78 is 1.98. The van der Waals surface area contributed by atoms with Crippen molar-refractivity contribution >= 4 is 27.5 Å². The number of aromatic nitrogens is 2. The minimum atomic E-state index is 0.751. The predicted octanol–water partition coefficient (Wildman–Crippen LogP) is 4.35. The van der Waals surface area contributed by atoms with Gasteiger partial charge in [-0.2, -0.15) is 5.10 Å². The van der Waals surface area contributed by atoms with Gasteiger partial charge in [0.2, 0.25) is 0 Å². The van der Waals surface area contributed by atoms with Crippen molar-refractivity contribution in [2.24, 2.45) is 0 Å². The van der Waals surface area contributed by atoms with Gasteiger partial charge in [-0.15, -0.1) is 0 Å². The van der Waals surface area contributed by atoms with Gasteiger partial charge in [0.1, 0.15) is 0 Å². The van der Waals surface area contributed by atoms with Crippen LogP contribution in [0, 0.1) is 20.8 Å². The second-order valence-corrected chi connectivity index (χ2v) is 5.11. The average Bonchev–Trinajstić information content (AvgIpc) is 2.57. The highest BCUT2D eigenvalue weighted by molar-refractivity contribution is 9.08. The number of halogens is 2. The van der Waals surface area contributed by atoms with Gasteiger partial charge in [-0.3, -0.25) is 0 Å². The lowest BCUT2D eigenvalue weighted by Gasteiger charge is -2.10. The molecule has 2 nitrogen and oxygen atoms in total. The van der Waals surface area contributed by atoms with Crippen molar-refractivity contribution < 1.29 is 0 Å². The van der Waals surface area contributed by atoms with Crippen molar-refractivity contribution in [2.45, 2.75) is 26.1 Å². The van der Waals surface area contributed by atoms with Gasteiger partial charge in [0.15, 0.2) is 0 Å². The maximum Gasteiger partial charge on any atom is 0.0690 e. The maximum absolute atomic E-state index is 6.01. The number of benzene rings is 1. The smallest absolute Gasteiger partial charge is 0.0690 e. The number of hydrogen-bond donors (Lipinski definition) is 0. The van der Waals surface area contributed by atoms with E-state index >= 15 is 0 Å². The summed E-state index contributed by atoms with van der Waals surface area (Å²) in [5, 5.41) is 6.09. The molecule has 0 aliphatic heterocycles. The van der Waals surface area contributed by atoms with E-state index in [1.807, 2.05) is 29.8 Å². The topological polar surface area (TPSA) is 17.8 Å². The van der Waals surface area contributed by atoms with Crippen molar-refractivity contribution in [2.75, 3.05) is 0 Å². The van der Waals surface area contributed by atoms with Gasteiger partial charge in [-0.1, -0.05) is 27.5 Å². The van der Waals surface area contributed by atoms with E-state index in [0.717, 1.165) is 27.3 Å². The molecule has 1 aromatic carbocycles. The van der Waals surface area contributed by atoms with Crippen LogP contribution in [0.15, 0.2) is 18.2 Å². The Morgan fingerprint density at radius 2 is 2.00 bits per heavy atom. The molecule has 0 radical (unpaired) electrons. The van der Waals surface area contributed by atoms with E-state index in [9.17, 15) is 0 Å². The molecule has 2 rings (SSSR count). The average molecular weight is 314 g/mol. The fourth-order valence-electron chi connectivity index (χ4n) is 1.82. The van der Waals surface area contributed by atoms with Gasteiger partial charge in [0.25, 0.3) is 0 Å². The first kappa shape index (κ1) is 12.7. The summed E-state index contributed by atoms with van der Waals surface area (Å²) >= 11 is 9.50. The van der Waals surface area contributed by atoms with Crippen LogP contribution in [0.4, 0.5) is 0 Å². The van der Waals surface area contributed by atoms with Gasteiger partial charge in [-0.25, -0.2) is 4.68 Å². The third-order valence-electron chi connectivity index (χ3n) is 3.07. The number of nitrogens with zero attached hydrogens (tertiary/aromatic N) is 2. The standard InChI is InChI=1S/C13H14BrClN2/c1-8-9(2)16-17(10(8)3)13-5-4-12(15)6-11(13)7-14/h4-6H,7H2,1-3H3. The zero-order valence-electron chi connectivity index (χ0n) is 10.1. The molecular weight excluding hydrogens is 300 g/mol. The predicted molar refractivity (Wildman–Crippen MR) is 75.4 cm³/mol. The maximum atomic E-state index is 6.01. The van der Waals surface area contributed by atoms with Crippen molar-refractivity contribution in [3.05, 3.63) is 45.7 Å². The van der Waals surface area contributed by atoms with E-state index in [1.165, 1.54) is 11.3 Å². The van der Waals surface area contributed by atoms with Gasteiger partial charge in [0.05, 0.1) is 11.4 Å². The number of aryl methyl sites for hydroxylation is 1. The summed E-state index contributed by atoms with van der Waals surface area (Å²) in [6, 6.07) is 5.88. The second kappa shape index (κ2) is 4.83. The largest absolute Gasteiger partial charge is 0.237 e. The van der Waals surface area contributed by atoms with E-state index in [1.54, 1.807) is 0 Å². The third kappa shape index (κ3) is 2.26. The number of hydrogen-bond acceptors (Lipinski definition) is 1. The molecule has 0 spiro atoms. The lowest BCUT2D eigenvalue weighted by molar-refractivity contribution is 0.826. The van der Waals surface area contributed by atoms with E-state index in [0.29, 0.717) is 0 Å². The van der Waals surface area contributed by atoms with Gasteiger partial charge in [0, 0.05) is 16.0 Å². The lowest BCUT2D eigenvalue weighted by atomic mass is 10.2. The summed E-state index contributed by atoms with van der Waals surface area (Å²) in [6.07, 6.45) is 0. The molecule has 2 aromatic rings. The monoisotopic (exact) mass is 312 g/mol. The Morgan fingerprint density at radius 1 is 1.29 bits per heavy atom. The van der Waals surface area contributed by atoms with Gasteiger partial charge >= 0.3 is 0 Å². The molecule has 1 aromatic heterocycles. The highest BCUT2D eigenvalue weighted by atomic mass is 79.9. The van der Waals surface area contributed by atoms with Crippen LogP contribution < -0.4 is 0 Å². The molecule has 4 heteroatoms. The van der Waals surface area contributed by atoms with E-state index < -0.39 is 0 Å². The molecule has 0 saturated carbocycles. The number of rotatable bonds is 2. The Kier molecular flexibility index (Phi) is 3.59. The molecule has 90 valence electrons. The van der Waals surface area contributed by atoms with Crippen LogP contribution in [0.5, 0.6) is 0 Å². The molecule has 0 saturated heterocycles. The van der Waals surface area contributed by atoms with E-state index in [-0.39, 0.29) is 0 Å². The quantitative estimate of drug-likeness (QED) is 0.754. The molecule has 17 heavy (non-hydrogen) atoms. The van der Waals surface area contributed by atoms with Crippen LogP contribution in [0.25, 0.3) is 5.69 Å².